The number of likely N-dealkylation sites (N-methyl/N-ethyl adjacent to an activating group) is 1. The molecule has 0 radical (unpaired) electrons. The van der Waals surface area contributed by atoms with Crippen LogP contribution in [0.25, 0.3) is 0 Å². The highest BCUT2D eigenvalue weighted by Crippen LogP contribution is 2.32. The van der Waals surface area contributed by atoms with E-state index in [1.165, 1.54) is 11.0 Å². The number of fused-ring (bicyclic) bond motifs is 1. The first-order valence-electron chi connectivity index (χ1n) is 4.72. The van der Waals surface area contributed by atoms with Crippen molar-refractivity contribution in [2.45, 2.75) is 13.8 Å². The summed E-state index contributed by atoms with van der Waals surface area (Å²) in [5.74, 6) is -1.77. The Balaban J connectivity index is 2.70. The Morgan fingerprint density at radius 1 is 1.33 bits per heavy atom. The van der Waals surface area contributed by atoms with E-state index >= 15 is 0 Å². The topological polar surface area (TPSA) is 37.4 Å². The number of aryl methyl sites for hydroxylation is 1. The number of carbonyl (C=O) groups excluding carboxylic acids is 2. The number of Topliss-reactive ketones (excluding diaryl/α,β-unsaturated/α-hetero) is 1. The number of carbonyl (C=O) groups is 2. The molecular formula is C11H10FNO2. The van der Waals surface area contributed by atoms with Crippen molar-refractivity contribution in [1.82, 2.24) is 0 Å². The van der Waals surface area contributed by atoms with Crippen LogP contribution in [0.1, 0.15) is 22.8 Å². The van der Waals surface area contributed by atoms with E-state index in [2.05, 4.69) is 0 Å². The molecule has 1 heterocycles. The second-order valence-electron chi connectivity index (χ2n) is 3.52. The first kappa shape index (κ1) is 9.83. The summed E-state index contributed by atoms with van der Waals surface area (Å²) in [6, 6.07) is 2.88. The maximum Gasteiger partial charge on any atom is 0.299 e. The Morgan fingerprint density at radius 3 is 2.60 bits per heavy atom. The van der Waals surface area contributed by atoms with Crippen LogP contribution in [0, 0.1) is 12.7 Å². The van der Waals surface area contributed by atoms with Crippen LogP contribution in [0.5, 0.6) is 0 Å². The standard InChI is InChI=1S/C11H10FNO2/c1-3-13-9-7(10(14)11(13)15)4-6(2)5-8(9)12/h4-5H,3H2,1-2H3. The molecule has 0 spiro atoms. The molecule has 15 heavy (non-hydrogen) atoms. The Bertz CT molecular complexity index is 468. The molecule has 2 rings (SSSR count). The third-order valence-electron chi connectivity index (χ3n) is 2.48. The monoisotopic (exact) mass is 207 g/mol. The average Bonchev–Trinajstić information content (AvgIpc) is 2.42. The molecule has 0 saturated carbocycles. The lowest BCUT2D eigenvalue weighted by Crippen LogP contribution is -2.29. The van der Waals surface area contributed by atoms with Crippen molar-refractivity contribution in [3.63, 3.8) is 0 Å². The zero-order valence-corrected chi connectivity index (χ0v) is 8.50. The van der Waals surface area contributed by atoms with Crippen LogP contribution in [0.4, 0.5) is 10.1 Å². The maximum absolute atomic E-state index is 13.6. The highest BCUT2D eigenvalue weighted by atomic mass is 19.1. The van der Waals surface area contributed by atoms with Gasteiger partial charge in [0.25, 0.3) is 11.7 Å². The predicted molar refractivity (Wildman–Crippen MR) is 53.5 cm³/mol. The van der Waals surface area contributed by atoms with Gasteiger partial charge in [-0.1, -0.05) is 0 Å². The SMILES string of the molecule is CCN1C(=O)C(=O)c2cc(C)cc(F)c21. The molecule has 0 fully saturated rings. The molecule has 4 heteroatoms. The fourth-order valence-electron chi connectivity index (χ4n) is 1.82. The third-order valence-corrected chi connectivity index (χ3v) is 2.48. The molecule has 78 valence electrons. The molecule has 1 aromatic rings. The minimum atomic E-state index is -0.642. The van der Waals surface area contributed by atoms with Gasteiger partial charge in [-0.2, -0.15) is 0 Å². The van der Waals surface area contributed by atoms with Gasteiger partial charge in [-0.3, -0.25) is 9.59 Å². The molecular weight excluding hydrogens is 197 g/mol. The van der Waals surface area contributed by atoms with Gasteiger partial charge >= 0.3 is 0 Å². The van der Waals surface area contributed by atoms with Gasteiger partial charge in [0.05, 0.1) is 11.3 Å². The summed E-state index contributed by atoms with van der Waals surface area (Å²) >= 11 is 0. The van der Waals surface area contributed by atoms with E-state index in [9.17, 15) is 14.0 Å². The highest BCUT2D eigenvalue weighted by molar-refractivity contribution is 6.52. The summed E-state index contributed by atoms with van der Waals surface area (Å²) in [7, 11) is 0. The summed E-state index contributed by atoms with van der Waals surface area (Å²) in [5.41, 5.74) is 0.947. The summed E-state index contributed by atoms with van der Waals surface area (Å²) in [6.07, 6.45) is 0. The maximum atomic E-state index is 13.6. The van der Waals surface area contributed by atoms with Crippen LogP contribution in [-0.4, -0.2) is 18.2 Å². The molecule has 0 bridgehead atoms. The second-order valence-corrected chi connectivity index (χ2v) is 3.52. The van der Waals surface area contributed by atoms with E-state index in [4.69, 9.17) is 0 Å². The van der Waals surface area contributed by atoms with Crippen molar-refractivity contribution in [3.05, 3.63) is 29.1 Å². The van der Waals surface area contributed by atoms with Gasteiger partial charge in [0.2, 0.25) is 0 Å². The van der Waals surface area contributed by atoms with Crippen LogP contribution in [0.15, 0.2) is 12.1 Å². The van der Waals surface area contributed by atoms with E-state index < -0.39 is 17.5 Å². The van der Waals surface area contributed by atoms with Crippen molar-refractivity contribution >= 4 is 17.4 Å². The van der Waals surface area contributed by atoms with Crippen molar-refractivity contribution < 1.29 is 14.0 Å². The zero-order valence-electron chi connectivity index (χ0n) is 8.50. The Labute approximate surface area is 86.5 Å². The lowest BCUT2D eigenvalue weighted by molar-refractivity contribution is -0.114. The van der Waals surface area contributed by atoms with Crippen molar-refractivity contribution in [2.24, 2.45) is 0 Å². The molecule has 0 atom stereocenters. The quantitative estimate of drug-likeness (QED) is 0.657. The van der Waals surface area contributed by atoms with Gasteiger partial charge in [0, 0.05) is 6.54 Å². The number of hydrogen-bond donors (Lipinski definition) is 0. The fraction of sp³-hybridized carbons (Fsp3) is 0.273. The summed E-state index contributed by atoms with van der Waals surface area (Å²) in [4.78, 5) is 24.2. The number of nitrogens with zero attached hydrogens (tertiary/aromatic N) is 1. The van der Waals surface area contributed by atoms with E-state index in [0.29, 0.717) is 12.1 Å². The van der Waals surface area contributed by atoms with E-state index in [1.54, 1.807) is 19.9 Å². The Kier molecular flexibility index (Phi) is 2.07. The number of ketones is 1. The van der Waals surface area contributed by atoms with Gasteiger partial charge in [-0.05, 0) is 31.5 Å². The van der Waals surface area contributed by atoms with Crippen LogP contribution in [0.3, 0.4) is 0 Å². The molecule has 3 nitrogen and oxygen atoms in total. The van der Waals surface area contributed by atoms with Crippen molar-refractivity contribution in [2.75, 3.05) is 11.4 Å². The highest BCUT2D eigenvalue weighted by Gasteiger charge is 2.37. The molecule has 1 aliphatic rings. The first-order chi connectivity index (χ1) is 7.06. The lowest BCUT2D eigenvalue weighted by Gasteiger charge is -2.14. The van der Waals surface area contributed by atoms with E-state index in [-0.39, 0.29) is 11.3 Å². The fourth-order valence-corrected chi connectivity index (χ4v) is 1.82. The molecule has 0 unspecified atom stereocenters. The van der Waals surface area contributed by atoms with Crippen LogP contribution >= 0.6 is 0 Å². The summed E-state index contributed by atoms with van der Waals surface area (Å²) in [6.45, 7) is 3.70. The molecule has 0 N–H and O–H groups in total. The average molecular weight is 207 g/mol. The van der Waals surface area contributed by atoms with Gasteiger partial charge in [0.1, 0.15) is 5.82 Å². The van der Waals surface area contributed by atoms with Crippen LogP contribution < -0.4 is 4.90 Å². The normalized spacial score (nSPS) is 14.7. The second kappa shape index (κ2) is 3.15. The summed E-state index contributed by atoms with van der Waals surface area (Å²) in [5, 5.41) is 0. The largest absolute Gasteiger partial charge is 0.302 e. The number of halogens is 1. The number of rotatable bonds is 1. The molecule has 1 amide bonds. The van der Waals surface area contributed by atoms with Gasteiger partial charge in [-0.25, -0.2) is 4.39 Å². The van der Waals surface area contributed by atoms with E-state index in [0.717, 1.165) is 0 Å². The predicted octanol–water partition coefficient (Wildman–Crippen LogP) is 1.68. The van der Waals surface area contributed by atoms with Crippen molar-refractivity contribution in [1.29, 1.82) is 0 Å². The first-order valence-corrected chi connectivity index (χ1v) is 4.72. The van der Waals surface area contributed by atoms with E-state index in [1.807, 2.05) is 0 Å². The van der Waals surface area contributed by atoms with Crippen molar-refractivity contribution in [3.8, 4) is 0 Å². The number of benzene rings is 1. The number of amides is 1. The Hall–Kier alpha value is -1.71. The van der Waals surface area contributed by atoms with Crippen LogP contribution in [0.2, 0.25) is 0 Å². The number of hydrogen-bond acceptors (Lipinski definition) is 2. The molecule has 0 aliphatic carbocycles. The van der Waals surface area contributed by atoms with Crippen LogP contribution in [-0.2, 0) is 4.79 Å². The number of anilines is 1. The molecule has 0 saturated heterocycles. The Morgan fingerprint density at radius 2 is 2.00 bits per heavy atom. The minimum Gasteiger partial charge on any atom is -0.302 e. The minimum absolute atomic E-state index is 0.123. The smallest absolute Gasteiger partial charge is 0.299 e. The third kappa shape index (κ3) is 1.25. The van der Waals surface area contributed by atoms with Gasteiger partial charge < -0.3 is 4.90 Å². The zero-order chi connectivity index (χ0) is 11.2. The summed E-state index contributed by atoms with van der Waals surface area (Å²) < 4.78 is 13.6. The molecule has 1 aliphatic heterocycles. The molecule has 0 aromatic heterocycles. The molecule has 1 aromatic carbocycles. The van der Waals surface area contributed by atoms with Gasteiger partial charge in [-0.15, -0.1) is 0 Å². The lowest BCUT2D eigenvalue weighted by atomic mass is 10.1. The van der Waals surface area contributed by atoms with Gasteiger partial charge in [0.15, 0.2) is 0 Å².